The van der Waals surface area contributed by atoms with Crippen LogP contribution in [0, 0.1) is 15.9 Å². The second kappa shape index (κ2) is 11.2. The zero-order valence-electron chi connectivity index (χ0n) is 16.3. The highest BCUT2D eigenvalue weighted by Crippen LogP contribution is 2.33. The number of nitrogens with zero attached hydrogens (tertiary/aromatic N) is 1. The minimum Gasteiger partial charge on any atom is -0.493 e. The molecule has 0 fully saturated rings. The predicted octanol–water partition coefficient (Wildman–Crippen LogP) is 3.48. The fraction of sp³-hybridized carbons (Fsp3) is 0.238. The topological polar surface area (TPSA) is 78.4 Å². The van der Waals surface area contributed by atoms with Crippen molar-refractivity contribution >= 4 is 34.7 Å². The molecular formula is C21H21IN2O5. The molecule has 0 heterocycles. The van der Waals surface area contributed by atoms with Crippen LogP contribution in [0.2, 0.25) is 0 Å². The molecular weight excluding hydrogens is 487 g/mol. The third-order valence-electron chi connectivity index (χ3n) is 3.66. The summed E-state index contributed by atoms with van der Waals surface area (Å²) in [6.45, 7) is 2.46. The number of terminal acetylenes is 1. The van der Waals surface area contributed by atoms with Crippen LogP contribution in [0.1, 0.15) is 22.8 Å². The van der Waals surface area contributed by atoms with Crippen LogP contribution in [0.4, 0.5) is 0 Å². The molecule has 0 aliphatic heterocycles. The molecule has 8 heteroatoms. The van der Waals surface area contributed by atoms with Crippen LogP contribution in [0.5, 0.6) is 23.0 Å². The number of nitrogens with one attached hydrogen (secondary N) is 1. The van der Waals surface area contributed by atoms with E-state index in [1.807, 2.05) is 13.0 Å². The van der Waals surface area contributed by atoms with E-state index in [0.29, 0.717) is 35.2 Å². The predicted molar refractivity (Wildman–Crippen MR) is 119 cm³/mol. The van der Waals surface area contributed by atoms with Crippen LogP contribution in [0.3, 0.4) is 0 Å². The Morgan fingerprint density at radius 3 is 2.59 bits per heavy atom. The van der Waals surface area contributed by atoms with Gasteiger partial charge >= 0.3 is 0 Å². The standard InChI is InChI=1S/C21H21IN2O5/c1-5-9-29-20-16(22)10-14(11-19(20)27-4)13-23-24-21(25)15-7-8-17(26-3)18(12-15)28-6-2/h1,7-8,10-13H,6,9H2,2-4H3,(H,24,25)/b23-13+. The summed E-state index contributed by atoms with van der Waals surface area (Å²) >= 11 is 2.12. The van der Waals surface area contributed by atoms with Crippen molar-refractivity contribution in [3.05, 3.63) is 45.0 Å². The number of hydrogen-bond acceptors (Lipinski definition) is 6. The van der Waals surface area contributed by atoms with Gasteiger partial charge in [0.25, 0.3) is 5.91 Å². The Balaban J connectivity index is 2.13. The van der Waals surface area contributed by atoms with Gasteiger partial charge in [-0.2, -0.15) is 5.10 Å². The van der Waals surface area contributed by atoms with Gasteiger partial charge in [0, 0.05) is 5.56 Å². The molecule has 2 aromatic rings. The summed E-state index contributed by atoms with van der Waals surface area (Å²) in [5.41, 5.74) is 3.62. The summed E-state index contributed by atoms with van der Waals surface area (Å²) in [6.07, 6.45) is 6.75. The summed E-state index contributed by atoms with van der Waals surface area (Å²) in [5.74, 6) is 4.18. The van der Waals surface area contributed by atoms with E-state index < -0.39 is 0 Å². The first-order valence-corrected chi connectivity index (χ1v) is 9.69. The summed E-state index contributed by atoms with van der Waals surface area (Å²) in [4.78, 5) is 12.4. The van der Waals surface area contributed by atoms with Crippen LogP contribution in [0.15, 0.2) is 35.4 Å². The molecule has 0 radical (unpaired) electrons. The molecule has 0 aliphatic carbocycles. The fourth-order valence-corrected chi connectivity index (χ4v) is 3.17. The molecule has 1 amide bonds. The highest BCUT2D eigenvalue weighted by atomic mass is 127. The van der Waals surface area contributed by atoms with Crippen molar-refractivity contribution in [3.63, 3.8) is 0 Å². The highest BCUT2D eigenvalue weighted by Gasteiger charge is 2.12. The Morgan fingerprint density at radius 1 is 1.17 bits per heavy atom. The van der Waals surface area contributed by atoms with E-state index >= 15 is 0 Å². The number of rotatable bonds is 9. The Labute approximate surface area is 183 Å². The zero-order chi connectivity index (χ0) is 21.2. The van der Waals surface area contributed by atoms with Crippen molar-refractivity contribution in [2.45, 2.75) is 6.92 Å². The lowest BCUT2D eigenvalue weighted by Crippen LogP contribution is -2.17. The fourth-order valence-electron chi connectivity index (χ4n) is 2.38. The van der Waals surface area contributed by atoms with Gasteiger partial charge in [-0.1, -0.05) is 5.92 Å². The molecule has 2 aromatic carbocycles. The SMILES string of the molecule is C#CCOc1c(I)cc(/C=N/NC(=O)c2ccc(OC)c(OCC)c2)cc1OC. The van der Waals surface area contributed by atoms with Gasteiger partial charge in [0.1, 0.15) is 6.61 Å². The Kier molecular flexibility index (Phi) is 8.61. The van der Waals surface area contributed by atoms with Gasteiger partial charge in [0.15, 0.2) is 23.0 Å². The zero-order valence-corrected chi connectivity index (χ0v) is 18.5. The third kappa shape index (κ3) is 6.02. The molecule has 0 saturated carbocycles. The summed E-state index contributed by atoms with van der Waals surface area (Å²) in [5, 5.41) is 4.02. The molecule has 1 N–H and O–H groups in total. The number of carbonyl (C=O) groups excluding carboxylic acids is 1. The van der Waals surface area contributed by atoms with E-state index in [1.54, 1.807) is 31.4 Å². The normalized spacial score (nSPS) is 10.3. The van der Waals surface area contributed by atoms with Crippen molar-refractivity contribution < 1.29 is 23.7 Å². The average molecular weight is 508 g/mol. The first kappa shape index (κ1) is 22.4. The number of carbonyl (C=O) groups is 1. The number of benzene rings is 2. The lowest BCUT2D eigenvalue weighted by Gasteiger charge is -2.11. The van der Waals surface area contributed by atoms with Gasteiger partial charge in [-0.05, 0) is 65.4 Å². The lowest BCUT2D eigenvalue weighted by molar-refractivity contribution is 0.0954. The number of hydrazone groups is 1. The summed E-state index contributed by atoms with van der Waals surface area (Å²) in [6, 6.07) is 8.49. The molecule has 0 atom stereocenters. The summed E-state index contributed by atoms with van der Waals surface area (Å²) in [7, 11) is 3.08. The van der Waals surface area contributed by atoms with Gasteiger partial charge < -0.3 is 18.9 Å². The third-order valence-corrected chi connectivity index (χ3v) is 4.46. The van der Waals surface area contributed by atoms with E-state index in [1.165, 1.54) is 13.3 Å². The maximum Gasteiger partial charge on any atom is 0.271 e. The molecule has 0 spiro atoms. The maximum atomic E-state index is 12.4. The molecule has 29 heavy (non-hydrogen) atoms. The Hall–Kier alpha value is -2.93. The number of halogens is 1. The van der Waals surface area contributed by atoms with Crippen molar-refractivity contribution in [2.75, 3.05) is 27.4 Å². The van der Waals surface area contributed by atoms with Gasteiger partial charge in [0.2, 0.25) is 0 Å². The van der Waals surface area contributed by atoms with Crippen LogP contribution in [-0.4, -0.2) is 39.6 Å². The van der Waals surface area contributed by atoms with Crippen molar-refractivity contribution in [3.8, 4) is 35.3 Å². The first-order chi connectivity index (χ1) is 14.0. The minimum absolute atomic E-state index is 0.140. The number of methoxy groups -OCH3 is 2. The quantitative estimate of drug-likeness (QED) is 0.243. The van der Waals surface area contributed by atoms with Gasteiger partial charge in [-0.3, -0.25) is 4.79 Å². The lowest BCUT2D eigenvalue weighted by atomic mass is 10.2. The highest BCUT2D eigenvalue weighted by molar-refractivity contribution is 14.1. The van der Waals surface area contributed by atoms with E-state index in [-0.39, 0.29) is 12.5 Å². The van der Waals surface area contributed by atoms with Gasteiger partial charge in [-0.25, -0.2) is 5.43 Å². The van der Waals surface area contributed by atoms with Crippen molar-refractivity contribution in [1.82, 2.24) is 5.43 Å². The molecule has 0 bridgehead atoms. The second-order valence-electron chi connectivity index (χ2n) is 5.52. The van der Waals surface area contributed by atoms with E-state index in [2.05, 4.69) is 39.0 Å². The van der Waals surface area contributed by atoms with Crippen LogP contribution >= 0.6 is 22.6 Å². The second-order valence-corrected chi connectivity index (χ2v) is 6.69. The van der Waals surface area contributed by atoms with Crippen LogP contribution < -0.4 is 24.4 Å². The molecule has 0 unspecified atom stereocenters. The maximum absolute atomic E-state index is 12.4. The van der Waals surface area contributed by atoms with Crippen LogP contribution in [-0.2, 0) is 0 Å². The van der Waals surface area contributed by atoms with Crippen molar-refractivity contribution in [2.24, 2.45) is 5.10 Å². The average Bonchev–Trinajstić information content (AvgIpc) is 2.72. The van der Waals surface area contributed by atoms with Gasteiger partial charge in [-0.15, -0.1) is 6.42 Å². The minimum atomic E-state index is -0.375. The molecule has 2 rings (SSSR count). The molecule has 0 aromatic heterocycles. The number of amides is 1. The smallest absolute Gasteiger partial charge is 0.271 e. The molecule has 0 saturated heterocycles. The molecule has 7 nitrogen and oxygen atoms in total. The summed E-state index contributed by atoms with van der Waals surface area (Å²) < 4.78 is 22.4. The van der Waals surface area contributed by atoms with Crippen molar-refractivity contribution in [1.29, 1.82) is 0 Å². The van der Waals surface area contributed by atoms with E-state index in [0.717, 1.165) is 9.13 Å². The largest absolute Gasteiger partial charge is 0.493 e. The number of ether oxygens (including phenoxy) is 4. The monoisotopic (exact) mass is 508 g/mol. The Bertz CT molecular complexity index is 937. The van der Waals surface area contributed by atoms with E-state index in [4.69, 9.17) is 25.4 Å². The first-order valence-electron chi connectivity index (χ1n) is 8.62. The van der Waals surface area contributed by atoms with E-state index in [9.17, 15) is 4.79 Å². The van der Waals surface area contributed by atoms with Gasteiger partial charge in [0.05, 0.1) is 30.6 Å². The Morgan fingerprint density at radius 2 is 1.93 bits per heavy atom. The molecule has 152 valence electrons. The number of hydrogen-bond donors (Lipinski definition) is 1. The van der Waals surface area contributed by atoms with Crippen LogP contribution in [0.25, 0.3) is 0 Å². The molecule has 0 aliphatic rings.